The van der Waals surface area contributed by atoms with E-state index in [4.69, 9.17) is 0 Å². The highest BCUT2D eigenvalue weighted by Gasteiger charge is 2.26. The van der Waals surface area contributed by atoms with Crippen molar-refractivity contribution in [2.24, 2.45) is 7.05 Å². The summed E-state index contributed by atoms with van der Waals surface area (Å²) >= 11 is 1.20. The van der Waals surface area contributed by atoms with E-state index in [0.29, 0.717) is 17.2 Å². The summed E-state index contributed by atoms with van der Waals surface area (Å²) in [6, 6.07) is 11.2. The lowest BCUT2D eigenvalue weighted by molar-refractivity contribution is 0.399. The molecular formula is C17H18FN3O2S2. The molecule has 0 saturated carbocycles. The van der Waals surface area contributed by atoms with Crippen LogP contribution < -0.4 is 0 Å². The molecule has 2 aromatic heterocycles. The minimum Gasteiger partial charge on any atom is -0.271 e. The number of aryl methyl sites for hydroxylation is 1. The molecule has 0 aliphatic heterocycles. The van der Waals surface area contributed by atoms with Crippen LogP contribution >= 0.6 is 11.3 Å². The molecule has 0 bridgehead atoms. The largest absolute Gasteiger partial charge is 0.271 e. The van der Waals surface area contributed by atoms with Crippen LogP contribution in [-0.2, 0) is 30.0 Å². The number of nitrogens with zero attached hydrogens (tertiary/aromatic N) is 3. The molecule has 0 N–H and O–H groups in total. The van der Waals surface area contributed by atoms with Crippen LogP contribution in [0.25, 0.3) is 0 Å². The van der Waals surface area contributed by atoms with Gasteiger partial charge in [0.25, 0.3) is 10.0 Å². The minimum absolute atomic E-state index is 0.234. The molecule has 0 aliphatic rings. The molecule has 3 rings (SSSR count). The molecule has 0 spiro atoms. The van der Waals surface area contributed by atoms with Gasteiger partial charge in [0.15, 0.2) is 0 Å². The van der Waals surface area contributed by atoms with Crippen LogP contribution in [0.2, 0.25) is 0 Å². The zero-order valence-corrected chi connectivity index (χ0v) is 15.3. The highest BCUT2D eigenvalue weighted by Crippen LogP contribution is 2.23. The zero-order chi connectivity index (χ0) is 17.9. The average molecular weight is 379 g/mol. The van der Waals surface area contributed by atoms with Crippen LogP contribution in [0, 0.1) is 5.82 Å². The summed E-state index contributed by atoms with van der Waals surface area (Å²) in [5.74, 6) is -0.304. The Bertz CT molecular complexity index is 919. The van der Waals surface area contributed by atoms with Crippen molar-refractivity contribution in [2.75, 3.05) is 6.54 Å². The lowest BCUT2D eigenvalue weighted by Gasteiger charge is -2.21. The van der Waals surface area contributed by atoms with E-state index in [0.717, 1.165) is 11.3 Å². The molecule has 0 atom stereocenters. The maximum absolute atomic E-state index is 13.0. The third-order valence-corrected chi connectivity index (χ3v) is 7.13. The van der Waals surface area contributed by atoms with Crippen LogP contribution in [0.1, 0.15) is 11.3 Å². The average Bonchev–Trinajstić information content (AvgIpc) is 3.25. The van der Waals surface area contributed by atoms with Gasteiger partial charge in [0.1, 0.15) is 10.0 Å². The molecule has 3 aromatic rings. The first-order valence-electron chi connectivity index (χ1n) is 7.72. The minimum atomic E-state index is -3.59. The predicted octanol–water partition coefficient (Wildman–Crippen LogP) is 3.05. The van der Waals surface area contributed by atoms with Crippen LogP contribution in [-0.4, -0.2) is 29.0 Å². The molecule has 132 valence electrons. The van der Waals surface area contributed by atoms with Gasteiger partial charge in [0.2, 0.25) is 0 Å². The number of halogens is 1. The Labute approximate surface area is 150 Å². The number of hydrogen-bond donors (Lipinski definition) is 0. The summed E-state index contributed by atoms with van der Waals surface area (Å²) in [5.41, 5.74) is 1.69. The Morgan fingerprint density at radius 2 is 1.96 bits per heavy atom. The summed E-state index contributed by atoms with van der Waals surface area (Å²) in [5, 5.41) is 5.84. The lowest BCUT2D eigenvalue weighted by atomic mass is 10.1. The summed E-state index contributed by atoms with van der Waals surface area (Å²) in [7, 11) is -1.81. The first-order chi connectivity index (χ1) is 12.0. The Morgan fingerprint density at radius 1 is 1.20 bits per heavy atom. The molecular weight excluding hydrogens is 361 g/mol. The number of hydrogen-bond acceptors (Lipinski definition) is 4. The van der Waals surface area contributed by atoms with E-state index in [9.17, 15) is 12.8 Å². The number of rotatable bonds is 7. The maximum atomic E-state index is 13.0. The van der Waals surface area contributed by atoms with Gasteiger partial charge in [-0.1, -0.05) is 18.2 Å². The van der Waals surface area contributed by atoms with Gasteiger partial charge in [0, 0.05) is 19.8 Å². The summed E-state index contributed by atoms with van der Waals surface area (Å²) in [6.45, 7) is 0.537. The Kier molecular flexibility index (Phi) is 5.31. The van der Waals surface area contributed by atoms with Crippen molar-refractivity contribution in [1.82, 2.24) is 14.1 Å². The van der Waals surface area contributed by atoms with Crippen molar-refractivity contribution < 1.29 is 12.8 Å². The molecule has 0 saturated heterocycles. The Hall–Kier alpha value is -2.03. The second-order valence-corrected chi connectivity index (χ2v) is 8.71. The van der Waals surface area contributed by atoms with E-state index in [1.54, 1.807) is 53.6 Å². The summed E-state index contributed by atoms with van der Waals surface area (Å²) < 4.78 is 42.4. The van der Waals surface area contributed by atoms with E-state index in [2.05, 4.69) is 5.10 Å². The first kappa shape index (κ1) is 17.8. The third kappa shape index (κ3) is 4.15. The first-order valence-corrected chi connectivity index (χ1v) is 10.0. The smallest absolute Gasteiger partial charge is 0.252 e. The molecule has 5 nitrogen and oxygen atoms in total. The zero-order valence-electron chi connectivity index (χ0n) is 13.7. The lowest BCUT2D eigenvalue weighted by Crippen LogP contribution is -2.32. The van der Waals surface area contributed by atoms with Gasteiger partial charge in [-0.15, -0.1) is 11.3 Å². The van der Waals surface area contributed by atoms with Crippen molar-refractivity contribution in [3.8, 4) is 0 Å². The molecule has 1 aromatic carbocycles. The second-order valence-electron chi connectivity index (χ2n) is 5.59. The van der Waals surface area contributed by atoms with Crippen molar-refractivity contribution in [1.29, 1.82) is 0 Å². The second kappa shape index (κ2) is 7.47. The third-order valence-electron chi connectivity index (χ3n) is 3.91. The van der Waals surface area contributed by atoms with E-state index in [1.165, 1.54) is 27.8 Å². The van der Waals surface area contributed by atoms with Gasteiger partial charge >= 0.3 is 0 Å². The summed E-state index contributed by atoms with van der Waals surface area (Å²) in [6.07, 6.45) is 2.15. The Morgan fingerprint density at radius 3 is 2.56 bits per heavy atom. The van der Waals surface area contributed by atoms with E-state index in [1.807, 2.05) is 0 Å². The molecule has 0 fully saturated rings. The van der Waals surface area contributed by atoms with E-state index in [-0.39, 0.29) is 12.4 Å². The molecule has 2 heterocycles. The van der Waals surface area contributed by atoms with Gasteiger partial charge in [0.05, 0.1) is 12.2 Å². The van der Waals surface area contributed by atoms with Crippen LogP contribution in [0.4, 0.5) is 4.39 Å². The number of sulfonamides is 1. The molecule has 0 aliphatic carbocycles. The van der Waals surface area contributed by atoms with Crippen LogP contribution in [0.15, 0.2) is 58.3 Å². The van der Waals surface area contributed by atoms with E-state index >= 15 is 0 Å². The monoisotopic (exact) mass is 379 g/mol. The van der Waals surface area contributed by atoms with Crippen molar-refractivity contribution >= 4 is 21.4 Å². The van der Waals surface area contributed by atoms with Crippen molar-refractivity contribution in [3.05, 3.63) is 71.1 Å². The van der Waals surface area contributed by atoms with Crippen LogP contribution in [0.5, 0.6) is 0 Å². The fraction of sp³-hybridized carbons (Fsp3) is 0.235. The molecule has 0 unspecified atom stereocenters. The quantitative estimate of drug-likeness (QED) is 0.634. The maximum Gasteiger partial charge on any atom is 0.252 e. The van der Waals surface area contributed by atoms with Gasteiger partial charge < -0.3 is 0 Å². The fourth-order valence-corrected chi connectivity index (χ4v) is 5.02. The summed E-state index contributed by atoms with van der Waals surface area (Å²) in [4.78, 5) is 0. The van der Waals surface area contributed by atoms with Gasteiger partial charge in [-0.05, 0) is 41.6 Å². The number of aromatic nitrogens is 2. The standard InChI is InChI=1S/C17H18FN3O2S2/c1-20-16(8-10-19-20)13-21(25(22,23)17-3-2-12-24-17)11-9-14-4-6-15(18)7-5-14/h2-8,10,12H,9,11,13H2,1H3. The highest BCUT2D eigenvalue weighted by atomic mass is 32.2. The van der Waals surface area contributed by atoms with Crippen molar-refractivity contribution in [3.63, 3.8) is 0 Å². The van der Waals surface area contributed by atoms with Crippen molar-refractivity contribution in [2.45, 2.75) is 17.2 Å². The van der Waals surface area contributed by atoms with Crippen LogP contribution in [0.3, 0.4) is 0 Å². The van der Waals surface area contributed by atoms with Gasteiger partial charge in [-0.2, -0.15) is 9.40 Å². The highest BCUT2D eigenvalue weighted by molar-refractivity contribution is 7.91. The van der Waals surface area contributed by atoms with Gasteiger partial charge in [-0.25, -0.2) is 12.8 Å². The molecule has 25 heavy (non-hydrogen) atoms. The molecule has 0 radical (unpaired) electrons. The molecule has 8 heteroatoms. The van der Waals surface area contributed by atoms with Gasteiger partial charge in [-0.3, -0.25) is 4.68 Å². The number of benzene rings is 1. The topological polar surface area (TPSA) is 55.2 Å². The Balaban J connectivity index is 1.83. The SMILES string of the molecule is Cn1nccc1CN(CCc1ccc(F)cc1)S(=O)(=O)c1cccs1. The van der Waals surface area contributed by atoms with E-state index < -0.39 is 10.0 Å². The normalized spacial score (nSPS) is 12.0. The number of thiophene rings is 1. The predicted molar refractivity (Wildman–Crippen MR) is 95.2 cm³/mol. The fourth-order valence-electron chi connectivity index (χ4n) is 2.46. The molecule has 0 amide bonds.